The highest BCUT2D eigenvalue weighted by Crippen LogP contribution is 2.57. The lowest BCUT2D eigenvalue weighted by molar-refractivity contribution is -0.141. The molecule has 2 amide bonds. The van der Waals surface area contributed by atoms with E-state index in [2.05, 4.69) is 12.2 Å². The van der Waals surface area contributed by atoms with Gasteiger partial charge in [-0.1, -0.05) is 43.5 Å². The molecule has 1 saturated heterocycles. The van der Waals surface area contributed by atoms with Crippen LogP contribution in [0.25, 0.3) is 0 Å². The SMILES string of the molecule is CCC1CCCC12CC(=O)NC(=O)C2c1ccc(Cl)cc1. The fourth-order valence-electron chi connectivity index (χ4n) is 4.45. The van der Waals surface area contributed by atoms with E-state index in [0.29, 0.717) is 17.4 Å². The first-order chi connectivity index (χ1) is 10.1. The van der Waals surface area contributed by atoms with E-state index in [1.807, 2.05) is 24.3 Å². The zero-order chi connectivity index (χ0) is 15.0. The number of carbonyl (C=O) groups excluding carboxylic acids is 2. The molecular formula is C17H20ClNO2. The second kappa shape index (κ2) is 5.45. The summed E-state index contributed by atoms with van der Waals surface area (Å²) in [6.45, 7) is 2.16. The minimum atomic E-state index is -0.236. The van der Waals surface area contributed by atoms with Gasteiger partial charge in [-0.3, -0.25) is 14.9 Å². The van der Waals surface area contributed by atoms with Gasteiger partial charge in [0.25, 0.3) is 0 Å². The average molecular weight is 306 g/mol. The molecule has 3 unspecified atom stereocenters. The van der Waals surface area contributed by atoms with Crippen LogP contribution in [0, 0.1) is 11.3 Å². The molecule has 1 spiro atoms. The van der Waals surface area contributed by atoms with Crippen LogP contribution in [-0.4, -0.2) is 11.8 Å². The summed E-state index contributed by atoms with van der Waals surface area (Å²) in [4.78, 5) is 24.5. The summed E-state index contributed by atoms with van der Waals surface area (Å²) < 4.78 is 0. The van der Waals surface area contributed by atoms with Gasteiger partial charge in [-0.25, -0.2) is 0 Å². The van der Waals surface area contributed by atoms with E-state index < -0.39 is 0 Å². The van der Waals surface area contributed by atoms with Crippen molar-refractivity contribution in [3.05, 3.63) is 34.9 Å². The van der Waals surface area contributed by atoms with E-state index in [1.165, 1.54) is 0 Å². The van der Waals surface area contributed by atoms with Crippen LogP contribution in [0.3, 0.4) is 0 Å². The topological polar surface area (TPSA) is 46.2 Å². The lowest BCUT2D eigenvalue weighted by atomic mass is 9.61. The van der Waals surface area contributed by atoms with Crippen molar-refractivity contribution in [3.63, 3.8) is 0 Å². The Morgan fingerprint density at radius 2 is 2.00 bits per heavy atom. The first-order valence-corrected chi connectivity index (χ1v) is 8.04. The lowest BCUT2D eigenvalue weighted by Gasteiger charge is -2.44. The zero-order valence-corrected chi connectivity index (χ0v) is 13.0. The van der Waals surface area contributed by atoms with Crippen molar-refractivity contribution in [3.8, 4) is 0 Å². The van der Waals surface area contributed by atoms with Gasteiger partial charge in [0.15, 0.2) is 0 Å². The van der Waals surface area contributed by atoms with E-state index in [9.17, 15) is 9.59 Å². The monoisotopic (exact) mass is 305 g/mol. The van der Waals surface area contributed by atoms with E-state index in [-0.39, 0.29) is 23.1 Å². The molecule has 3 rings (SSSR count). The number of carbonyl (C=O) groups is 2. The van der Waals surface area contributed by atoms with Crippen molar-refractivity contribution in [2.75, 3.05) is 0 Å². The van der Waals surface area contributed by atoms with E-state index in [4.69, 9.17) is 11.6 Å². The van der Waals surface area contributed by atoms with E-state index in [1.54, 1.807) is 0 Å². The molecule has 2 fully saturated rings. The van der Waals surface area contributed by atoms with Crippen LogP contribution >= 0.6 is 11.6 Å². The Morgan fingerprint density at radius 1 is 1.29 bits per heavy atom. The van der Waals surface area contributed by atoms with Gasteiger partial charge < -0.3 is 0 Å². The molecule has 1 aliphatic carbocycles. The largest absolute Gasteiger partial charge is 0.296 e. The second-order valence-electron chi connectivity index (χ2n) is 6.30. The van der Waals surface area contributed by atoms with Crippen molar-refractivity contribution in [2.45, 2.75) is 44.9 Å². The highest BCUT2D eigenvalue weighted by molar-refractivity contribution is 6.30. The van der Waals surface area contributed by atoms with Crippen LogP contribution in [-0.2, 0) is 9.59 Å². The Kier molecular flexibility index (Phi) is 3.78. The van der Waals surface area contributed by atoms with Gasteiger partial charge in [-0.15, -0.1) is 0 Å². The Hall–Kier alpha value is -1.35. The standard InChI is InChI=1S/C17H20ClNO2/c1-2-12-4-3-9-17(12)10-14(20)19-16(21)15(17)11-5-7-13(18)8-6-11/h5-8,12,15H,2-4,9-10H2,1H3,(H,19,20,21). The Balaban J connectivity index is 2.07. The summed E-state index contributed by atoms with van der Waals surface area (Å²) >= 11 is 5.96. The number of benzene rings is 1. The molecule has 1 aliphatic heterocycles. The van der Waals surface area contributed by atoms with Crippen molar-refractivity contribution >= 4 is 23.4 Å². The molecular weight excluding hydrogens is 286 g/mol. The molecule has 0 aromatic heterocycles. The molecule has 2 aliphatic rings. The average Bonchev–Trinajstić information content (AvgIpc) is 2.82. The molecule has 1 aromatic carbocycles. The molecule has 3 atom stereocenters. The molecule has 1 N–H and O–H groups in total. The molecule has 1 aromatic rings. The predicted molar refractivity (Wildman–Crippen MR) is 82.0 cm³/mol. The van der Waals surface area contributed by atoms with Gasteiger partial charge in [-0.05, 0) is 41.9 Å². The third-order valence-corrected chi connectivity index (χ3v) is 5.55. The fraction of sp³-hybridized carbons (Fsp3) is 0.529. The van der Waals surface area contributed by atoms with Gasteiger partial charge in [0.05, 0.1) is 5.92 Å². The predicted octanol–water partition coefficient (Wildman–Crippen LogP) is 3.67. The van der Waals surface area contributed by atoms with Crippen LogP contribution in [0.15, 0.2) is 24.3 Å². The third kappa shape index (κ3) is 2.38. The number of halogens is 1. The van der Waals surface area contributed by atoms with Crippen LogP contribution in [0.4, 0.5) is 0 Å². The summed E-state index contributed by atoms with van der Waals surface area (Å²) in [5.41, 5.74) is 0.770. The smallest absolute Gasteiger partial charge is 0.234 e. The fourth-order valence-corrected chi connectivity index (χ4v) is 4.57. The molecule has 0 radical (unpaired) electrons. The maximum absolute atomic E-state index is 12.5. The highest BCUT2D eigenvalue weighted by Gasteiger charge is 2.54. The Bertz CT molecular complexity index is 569. The summed E-state index contributed by atoms with van der Waals surface area (Å²) in [6.07, 6.45) is 4.65. The molecule has 4 heteroatoms. The van der Waals surface area contributed by atoms with Crippen molar-refractivity contribution in [1.29, 1.82) is 0 Å². The minimum Gasteiger partial charge on any atom is -0.296 e. The number of hydrogen-bond donors (Lipinski definition) is 1. The van der Waals surface area contributed by atoms with Crippen LogP contribution in [0.5, 0.6) is 0 Å². The van der Waals surface area contributed by atoms with Gasteiger partial charge in [-0.2, -0.15) is 0 Å². The molecule has 0 bridgehead atoms. The number of piperidine rings is 1. The van der Waals surface area contributed by atoms with Crippen LogP contribution in [0.2, 0.25) is 5.02 Å². The maximum atomic E-state index is 12.5. The zero-order valence-electron chi connectivity index (χ0n) is 12.2. The van der Waals surface area contributed by atoms with E-state index in [0.717, 1.165) is 31.2 Å². The number of hydrogen-bond acceptors (Lipinski definition) is 2. The highest BCUT2D eigenvalue weighted by atomic mass is 35.5. The summed E-state index contributed by atoms with van der Waals surface area (Å²) in [5, 5.41) is 3.19. The third-order valence-electron chi connectivity index (χ3n) is 5.29. The van der Waals surface area contributed by atoms with Crippen LogP contribution in [0.1, 0.15) is 50.5 Å². The Labute approximate surface area is 130 Å². The Morgan fingerprint density at radius 3 is 2.67 bits per heavy atom. The summed E-state index contributed by atoms with van der Waals surface area (Å²) in [7, 11) is 0. The number of imide groups is 1. The first-order valence-electron chi connectivity index (χ1n) is 7.66. The number of rotatable bonds is 2. The van der Waals surface area contributed by atoms with Gasteiger partial charge in [0.2, 0.25) is 11.8 Å². The number of amides is 2. The van der Waals surface area contributed by atoms with Crippen molar-refractivity contribution in [1.82, 2.24) is 5.32 Å². The molecule has 1 heterocycles. The normalized spacial score (nSPS) is 32.5. The minimum absolute atomic E-state index is 0.120. The summed E-state index contributed by atoms with van der Waals surface area (Å²) in [6, 6.07) is 7.50. The van der Waals surface area contributed by atoms with Gasteiger partial charge >= 0.3 is 0 Å². The van der Waals surface area contributed by atoms with Gasteiger partial charge in [0, 0.05) is 11.4 Å². The maximum Gasteiger partial charge on any atom is 0.234 e. The van der Waals surface area contributed by atoms with Crippen LogP contribution < -0.4 is 5.32 Å². The molecule has 1 saturated carbocycles. The van der Waals surface area contributed by atoms with E-state index >= 15 is 0 Å². The molecule has 112 valence electrons. The van der Waals surface area contributed by atoms with Crippen molar-refractivity contribution in [2.24, 2.45) is 11.3 Å². The molecule has 21 heavy (non-hydrogen) atoms. The lowest BCUT2D eigenvalue weighted by Crippen LogP contribution is -2.52. The van der Waals surface area contributed by atoms with Crippen molar-refractivity contribution < 1.29 is 9.59 Å². The number of nitrogens with one attached hydrogen (secondary N) is 1. The van der Waals surface area contributed by atoms with Gasteiger partial charge in [0.1, 0.15) is 0 Å². The second-order valence-corrected chi connectivity index (χ2v) is 6.74. The first kappa shape index (κ1) is 14.6. The summed E-state index contributed by atoms with van der Waals surface area (Å²) in [5.74, 6) is -0.0624. The quantitative estimate of drug-likeness (QED) is 0.847. The molecule has 3 nitrogen and oxygen atoms in total.